The summed E-state index contributed by atoms with van der Waals surface area (Å²) in [4.78, 5) is 23.4. The number of hydrogen-bond acceptors (Lipinski definition) is 3. The Bertz CT molecular complexity index is 377. The highest BCUT2D eigenvalue weighted by Crippen LogP contribution is 2.48. The molecule has 0 aromatic heterocycles. The number of aliphatic carboxylic acids is 1. The van der Waals surface area contributed by atoms with Crippen molar-refractivity contribution in [3.63, 3.8) is 0 Å². The van der Waals surface area contributed by atoms with Crippen molar-refractivity contribution >= 4 is 23.8 Å². The minimum atomic E-state index is -0.766. The topological polar surface area (TPSA) is 78.4 Å². The Balaban J connectivity index is 1.85. The van der Waals surface area contributed by atoms with Crippen molar-refractivity contribution in [1.29, 1.82) is 0 Å². The molecule has 2 amide bonds. The van der Waals surface area contributed by atoms with E-state index in [0.29, 0.717) is 5.92 Å². The first-order valence-electron chi connectivity index (χ1n) is 7.31. The van der Waals surface area contributed by atoms with Crippen LogP contribution in [0.1, 0.15) is 32.6 Å². The lowest BCUT2D eigenvalue weighted by Gasteiger charge is -2.29. The molecular weight excluding hydrogens is 276 g/mol. The SMILES string of the molecule is CSCCC(C)NC(=O)NC1C2CCC(C2)C1C(=O)O. The van der Waals surface area contributed by atoms with Gasteiger partial charge in [-0.15, -0.1) is 0 Å². The number of carboxylic acid groups (broad SMARTS) is 1. The van der Waals surface area contributed by atoms with Gasteiger partial charge in [-0.05, 0) is 56.5 Å². The zero-order valence-corrected chi connectivity index (χ0v) is 12.9. The zero-order valence-electron chi connectivity index (χ0n) is 12.1. The van der Waals surface area contributed by atoms with Gasteiger partial charge in [0.1, 0.15) is 0 Å². The summed E-state index contributed by atoms with van der Waals surface area (Å²) in [5.41, 5.74) is 0. The minimum absolute atomic E-state index is 0.115. The average Bonchev–Trinajstić information content (AvgIpc) is 2.96. The first kappa shape index (κ1) is 15.5. The van der Waals surface area contributed by atoms with Crippen molar-refractivity contribution in [3.05, 3.63) is 0 Å². The lowest BCUT2D eigenvalue weighted by molar-refractivity contribution is -0.144. The molecule has 0 spiro atoms. The maximum Gasteiger partial charge on any atom is 0.315 e. The van der Waals surface area contributed by atoms with Crippen LogP contribution < -0.4 is 10.6 Å². The van der Waals surface area contributed by atoms with Crippen LogP contribution in [0.2, 0.25) is 0 Å². The molecule has 2 aliphatic carbocycles. The molecule has 5 unspecified atom stereocenters. The standard InChI is InChI=1S/C14H24N2O3S/c1-8(5-6-20-2)15-14(19)16-12-10-4-3-9(7-10)11(12)13(17)18/h8-12H,3-7H2,1-2H3,(H,17,18)(H2,15,16,19). The summed E-state index contributed by atoms with van der Waals surface area (Å²) in [6, 6.07) is -0.300. The van der Waals surface area contributed by atoms with Crippen molar-refractivity contribution in [2.75, 3.05) is 12.0 Å². The maximum absolute atomic E-state index is 12.0. The Morgan fingerprint density at radius 1 is 1.35 bits per heavy atom. The van der Waals surface area contributed by atoms with Gasteiger partial charge in [-0.1, -0.05) is 0 Å². The lowest BCUT2D eigenvalue weighted by Crippen LogP contribution is -2.51. The van der Waals surface area contributed by atoms with Gasteiger partial charge >= 0.3 is 12.0 Å². The van der Waals surface area contributed by atoms with Gasteiger partial charge in [0.15, 0.2) is 0 Å². The van der Waals surface area contributed by atoms with Crippen LogP contribution in [-0.2, 0) is 4.79 Å². The second kappa shape index (κ2) is 6.70. The summed E-state index contributed by atoms with van der Waals surface area (Å²) < 4.78 is 0. The Labute approximate surface area is 124 Å². The van der Waals surface area contributed by atoms with Crippen LogP contribution in [0.3, 0.4) is 0 Å². The van der Waals surface area contributed by atoms with Crippen LogP contribution in [0, 0.1) is 17.8 Å². The van der Waals surface area contributed by atoms with Gasteiger partial charge in [0.25, 0.3) is 0 Å². The molecule has 0 aromatic carbocycles. The maximum atomic E-state index is 12.0. The summed E-state index contributed by atoms with van der Waals surface area (Å²) in [6.07, 6.45) is 5.95. The molecule has 2 fully saturated rings. The van der Waals surface area contributed by atoms with E-state index in [-0.39, 0.29) is 24.0 Å². The third kappa shape index (κ3) is 3.40. The van der Waals surface area contributed by atoms with Crippen LogP contribution in [0.5, 0.6) is 0 Å². The van der Waals surface area contributed by atoms with E-state index in [2.05, 4.69) is 10.6 Å². The van der Waals surface area contributed by atoms with Crippen LogP contribution in [0.4, 0.5) is 4.79 Å². The predicted octanol–water partition coefficient (Wildman–Crippen LogP) is 1.93. The Morgan fingerprint density at radius 3 is 2.70 bits per heavy atom. The molecule has 0 heterocycles. The van der Waals surface area contributed by atoms with E-state index >= 15 is 0 Å². The van der Waals surface area contributed by atoms with Crippen LogP contribution in [-0.4, -0.2) is 41.2 Å². The van der Waals surface area contributed by atoms with Gasteiger partial charge < -0.3 is 15.7 Å². The molecule has 114 valence electrons. The third-order valence-electron chi connectivity index (χ3n) is 4.63. The number of carboxylic acids is 1. The van der Waals surface area contributed by atoms with Crippen LogP contribution in [0.15, 0.2) is 0 Å². The molecule has 0 aliphatic heterocycles. The second-order valence-corrected chi connectivity index (χ2v) is 7.01. The summed E-state index contributed by atoms with van der Waals surface area (Å²) >= 11 is 1.75. The van der Waals surface area contributed by atoms with E-state index in [4.69, 9.17) is 0 Å². The van der Waals surface area contributed by atoms with Crippen molar-refractivity contribution in [3.8, 4) is 0 Å². The van der Waals surface area contributed by atoms with E-state index < -0.39 is 11.9 Å². The number of hydrogen-bond donors (Lipinski definition) is 3. The highest BCUT2D eigenvalue weighted by molar-refractivity contribution is 7.98. The molecule has 2 aliphatic rings. The molecule has 0 radical (unpaired) electrons. The molecule has 2 bridgehead atoms. The molecule has 0 aromatic rings. The number of thioether (sulfide) groups is 1. The first-order chi connectivity index (χ1) is 9.52. The number of nitrogens with one attached hydrogen (secondary N) is 2. The molecule has 6 heteroatoms. The van der Waals surface area contributed by atoms with E-state index in [1.165, 1.54) is 0 Å². The van der Waals surface area contributed by atoms with Crippen molar-refractivity contribution in [1.82, 2.24) is 10.6 Å². The summed E-state index contributed by atoms with van der Waals surface area (Å²) in [5.74, 6) is 0.428. The zero-order chi connectivity index (χ0) is 14.7. The van der Waals surface area contributed by atoms with E-state index in [1.807, 2.05) is 13.2 Å². The van der Waals surface area contributed by atoms with Gasteiger partial charge in [-0.3, -0.25) is 4.79 Å². The minimum Gasteiger partial charge on any atom is -0.481 e. The fraction of sp³-hybridized carbons (Fsp3) is 0.857. The molecule has 20 heavy (non-hydrogen) atoms. The largest absolute Gasteiger partial charge is 0.481 e. The number of fused-ring (bicyclic) bond motifs is 2. The number of amides is 2. The van der Waals surface area contributed by atoms with Gasteiger partial charge in [-0.25, -0.2) is 4.79 Å². The van der Waals surface area contributed by atoms with Crippen molar-refractivity contribution < 1.29 is 14.7 Å². The fourth-order valence-corrected chi connectivity index (χ4v) is 4.23. The number of rotatable bonds is 6. The molecule has 5 nitrogen and oxygen atoms in total. The van der Waals surface area contributed by atoms with Gasteiger partial charge in [0.2, 0.25) is 0 Å². The Kier molecular flexibility index (Phi) is 5.18. The highest BCUT2D eigenvalue weighted by atomic mass is 32.2. The first-order valence-corrected chi connectivity index (χ1v) is 8.71. The van der Waals surface area contributed by atoms with Gasteiger partial charge in [-0.2, -0.15) is 11.8 Å². The van der Waals surface area contributed by atoms with Crippen molar-refractivity contribution in [2.24, 2.45) is 17.8 Å². The summed E-state index contributed by atoms with van der Waals surface area (Å²) in [7, 11) is 0. The molecule has 2 rings (SSSR count). The van der Waals surface area contributed by atoms with Crippen molar-refractivity contribution in [2.45, 2.75) is 44.7 Å². The summed E-state index contributed by atoms with van der Waals surface area (Å²) in [6.45, 7) is 1.98. The number of urea groups is 1. The second-order valence-electron chi connectivity index (χ2n) is 6.02. The monoisotopic (exact) mass is 300 g/mol. The lowest BCUT2D eigenvalue weighted by atomic mass is 9.84. The molecule has 3 N–H and O–H groups in total. The van der Waals surface area contributed by atoms with E-state index in [9.17, 15) is 14.7 Å². The quantitative estimate of drug-likeness (QED) is 0.700. The number of carbonyl (C=O) groups is 2. The Morgan fingerprint density at radius 2 is 2.05 bits per heavy atom. The third-order valence-corrected chi connectivity index (χ3v) is 5.28. The number of carbonyl (C=O) groups excluding carboxylic acids is 1. The molecule has 5 atom stereocenters. The average molecular weight is 300 g/mol. The van der Waals surface area contributed by atoms with Crippen LogP contribution >= 0.6 is 11.8 Å². The smallest absolute Gasteiger partial charge is 0.315 e. The van der Waals surface area contributed by atoms with E-state index in [1.54, 1.807) is 11.8 Å². The van der Waals surface area contributed by atoms with E-state index in [0.717, 1.165) is 31.4 Å². The highest BCUT2D eigenvalue weighted by Gasteiger charge is 2.51. The molecule has 0 saturated heterocycles. The van der Waals surface area contributed by atoms with Gasteiger partial charge in [0.05, 0.1) is 5.92 Å². The van der Waals surface area contributed by atoms with Gasteiger partial charge in [0, 0.05) is 12.1 Å². The van der Waals surface area contributed by atoms with Crippen LogP contribution in [0.25, 0.3) is 0 Å². The molecular formula is C14H24N2O3S. The Hall–Kier alpha value is -0.910. The molecule has 2 saturated carbocycles. The predicted molar refractivity (Wildman–Crippen MR) is 79.9 cm³/mol. The normalized spacial score (nSPS) is 32.9. The summed E-state index contributed by atoms with van der Waals surface area (Å²) in [5, 5.41) is 15.2. The fourth-order valence-electron chi connectivity index (χ4n) is 3.64.